The van der Waals surface area contributed by atoms with E-state index in [0.29, 0.717) is 6.04 Å². The Labute approximate surface area is 106 Å². The molecule has 0 aromatic rings. The Bertz CT molecular complexity index is 216. The Balaban J connectivity index is 1.66. The average molecular weight is 240 g/mol. The maximum Gasteiger partial charge on any atom is 0.0469 e. The summed E-state index contributed by atoms with van der Waals surface area (Å²) in [7, 11) is 2.24. The van der Waals surface area contributed by atoms with Crippen molar-refractivity contribution in [1.82, 2.24) is 10.2 Å². The second-order valence-electron chi connectivity index (χ2n) is 5.92. The van der Waals surface area contributed by atoms with Gasteiger partial charge in [-0.2, -0.15) is 0 Å². The van der Waals surface area contributed by atoms with Crippen LogP contribution in [-0.4, -0.2) is 50.8 Å². The van der Waals surface area contributed by atoms with Crippen LogP contribution < -0.4 is 5.32 Å². The number of nitrogens with one attached hydrogen (secondary N) is 1. The molecule has 0 radical (unpaired) electrons. The Morgan fingerprint density at radius 2 is 2.06 bits per heavy atom. The molecule has 0 spiro atoms. The minimum Gasteiger partial charge on any atom is -0.381 e. The molecular weight excluding hydrogens is 212 g/mol. The average Bonchev–Trinajstić information content (AvgIpc) is 2.37. The van der Waals surface area contributed by atoms with Gasteiger partial charge < -0.3 is 15.0 Å². The fourth-order valence-corrected chi connectivity index (χ4v) is 3.17. The number of hydrogen-bond donors (Lipinski definition) is 1. The van der Waals surface area contributed by atoms with Crippen molar-refractivity contribution in [3.8, 4) is 0 Å². The summed E-state index contributed by atoms with van der Waals surface area (Å²) in [6, 6.07) is 0.658. The molecule has 0 amide bonds. The Hall–Kier alpha value is -0.120. The van der Waals surface area contributed by atoms with Crippen LogP contribution in [0.3, 0.4) is 0 Å². The number of piperidine rings is 1. The van der Waals surface area contributed by atoms with Gasteiger partial charge in [0.15, 0.2) is 0 Å². The first-order valence-corrected chi connectivity index (χ1v) is 7.25. The summed E-state index contributed by atoms with van der Waals surface area (Å²) in [4.78, 5) is 2.47. The molecule has 0 saturated carbocycles. The van der Waals surface area contributed by atoms with Crippen LogP contribution in [0.4, 0.5) is 0 Å². The first-order valence-electron chi connectivity index (χ1n) is 7.25. The summed E-state index contributed by atoms with van der Waals surface area (Å²) in [6.45, 7) is 8.02. The molecule has 0 aromatic carbocycles. The molecule has 17 heavy (non-hydrogen) atoms. The molecular formula is C14H28N2O. The predicted molar refractivity (Wildman–Crippen MR) is 71.2 cm³/mol. The van der Waals surface area contributed by atoms with Gasteiger partial charge in [-0.25, -0.2) is 0 Å². The van der Waals surface area contributed by atoms with Crippen molar-refractivity contribution in [3.63, 3.8) is 0 Å². The highest BCUT2D eigenvalue weighted by atomic mass is 16.5. The third-order valence-electron chi connectivity index (χ3n) is 4.42. The van der Waals surface area contributed by atoms with Gasteiger partial charge in [0.1, 0.15) is 0 Å². The molecule has 3 nitrogen and oxygen atoms in total. The van der Waals surface area contributed by atoms with E-state index in [2.05, 4.69) is 24.2 Å². The zero-order chi connectivity index (χ0) is 12.1. The van der Waals surface area contributed by atoms with Gasteiger partial charge in [0.05, 0.1) is 0 Å². The standard InChI is InChI=1S/C14H28N2O/c1-12(14-5-8-17-9-6-14)15-10-13-4-3-7-16(2)11-13/h12-15H,3-11H2,1-2H3. The Morgan fingerprint density at radius 3 is 2.76 bits per heavy atom. The SMILES string of the molecule is CC(NCC1CCCN(C)C1)C1CCOCC1. The Morgan fingerprint density at radius 1 is 1.29 bits per heavy atom. The molecule has 2 aliphatic rings. The third kappa shape index (κ3) is 4.23. The molecule has 2 atom stereocenters. The van der Waals surface area contributed by atoms with Crippen molar-refractivity contribution in [2.45, 2.75) is 38.6 Å². The van der Waals surface area contributed by atoms with Gasteiger partial charge in [0, 0.05) is 25.8 Å². The lowest BCUT2D eigenvalue weighted by molar-refractivity contribution is 0.0548. The van der Waals surface area contributed by atoms with E-state index in [0.717, 1.165) is 25.0 Å². The molecule has 2 fully saturated rings. The van der Waals surface area contributed by atoms with Crippen LogP contribution in [0.5, 0.6) is 0 Å². The van der Waals surface area contributed by atoms with Crippen LogP contribution in [0.2, 0.25) is 0 Å². The second kappa shape index (κ2) is 6.72. The van der Waals surface area contributed by atoms with Crippen LogP contribution >= 0.6 is 0 Å². The van der Waals surface area contributed by atoms with Crippen molar-refractivity contribution < 1.29 is 4.74 Å². The van der Waals surface area contributed by atoms with Crippen LogP contribution in [0.25, 0.3) is 0 Å². The van der Waals surface area contributed by atoms with E-state index in [4.69, 9.17) is 4.74 Å². The van der Waals surface area contributed by atoms with Crippen molar-refractivity contribution in [1.29, 1.82) is 0 Å². The highest BCUT2D eigenvalue weighted by Gasteiger charge is 2.22. The molecule has 1 N–H and O–H groups in total. The van der Waals surface area contributed by atoms with Crippen molar-refractivity contribution in [2.24, 2.45) is 11.8 Å². The molecule has 100 valence electrons. The zero-order valence-electron chi connectivity index (χ0n) is 11.5. The Kier molecular flexibility index (Phi) is 5.26. The van der Waals surface area contributed by atoms with Crippen LogP contribution in [0, 0.1) is 11.8 Å². The molecule has 3 heteroatoms. The van der Waals surface area contributed by atoms with Gasteiger partial charge >= 0.3 is 0 Å². The lowest BCUT2D eigenvalue weighted by Gasteiger charge is -2.33. The minimum absolute atomic E-state index is 0.658. The summed E-state index contributed by atoms with van der Waals surface area (Å²) < 4.78 is 5.42. The fraction of sp³-hybridized carbons (Fsp3) is 1.00. The van der Waals surface area contributed by atoms with Gasteiger partial charge in [-0.05, 0) is 64.6 Å². The van der Waals surface area contributed by atoms with Crippen molar-refractivity contribution in [3.05, 3.63) is 0 Å². The van der Waals surface area contributed by atoms with Crippen LogP contribution in [0.15, 0.2) is 0 Å². The number of likely N-dealkylation sites (tertiary alicyclic amines) is 1. The third-order valence-corrected chi connectivity index (χ3v) is 4.42. The molecule has 0 aromatic heterocycles. The van der Waals surface area contributed by atoms with Crippen LogP contribution in [-0.2, 0) is 4.74 Å². The van der Waals surface area contributed by atoms with E-state index in [1.807, 2.05) is 0 Å². The monoisotopic (exact) mass is 240 g/mol. The minimum atomic E-state index is 0.658. The van der Waals surface area contributed by atoms with E-state index in [-0.39, 0.29) is 0 Å². The molecule has 2 aliphatic heterocycles. The van der Waals surface area contributed by atoms with E-state index in [9.17, 15) is 0 Å². The lowest BCUT2D eigenvalue weighted by atomic mass is 9.92. The van der Waals surface area contributed by atoms with Gasteiger partial charge in [0.25, 0.3) is 0 Å². The van der Waals surface area contributed by atoms with Gasteiger partial charge in [-0.3, -0.25) is 0 Å². The summed E-state index contributed by atoms with van der Waals surface area (Å²) in [5.74, 6) is 1.68. The molecule has 2 heterocycles. The highest BCUT2D eigenvalue weighted by molar-refractivity contribution is 4.78. The van der Waals surface area contributed by atoms with Gasteiger partial charge in [0.2, 0.25) is 0 Å². The second-order valence-corrected chi connectivity index (χ2v) is 5.92. The lowest BCUT2D eigenvalue weighted by Crippen LogP contribution is -2.43. The van der Waals surface area contributed by atoms with Crippen molar-refractivity contribution >= 4 is 0 Å². The molecule has 0 bridgehead atoms. The largest absolute Gasteiger partial charge is 0.381 e. The molecule has 2 saturated heterocycles. The highest BCUT2D eigenvalue weighted by Crippen LogP contribution is 2.19. The topological polar surface area (TPSA) is 24.5 Å². The fourth-order valence-electron chi connectivity index (χ4n) is 3.17. The summed E-state index contributed by atoms with van der Waals surface area (Å²) in [5.41, 5.74) is 0. The summed E-state index contributed by atoms with van der Waals surface area (Å²) in [6.07, 6.45) is 5.24. The van der Waals surface area contributed by atoms with E-state index < -0.39 is 0 Å². The number of rotatable bonds is 4. The first-order chi connectivity index (χ1) is 8.25. The van der Waals surface area contributed by atoms with E-state index >= 15 is 0 Å². The molecule has 2 unspecified atom stereocenters. The van der Waals surface area contributed by atoms with Gasteiger partial charge in [-0.15, -0.1) is 0 Å². The van der Waals surface area contributed by atoms with Crippen molar-refractivity contribution in [2.75, 3.05) is 39.9 Å². The number of nitrogens with zero attached hydrogens (tertiary/aromatic N) is 1. The quantitative estimate of drug-likeness (QED) is 0.810. The maximum absolute atomic E-state index is 5.42. The smallest absolute Gasteiger partial charge is 0.0469 e. The molecule has 2 rings (SSSR count). The number of ether oxygens (including phenoxy) is 1. The summed E-state index contributed by atoms with van der Waals surface area (Å²) in [5, 5.41) is 3.76. The first kappa shape index (κ1) is 13.3. The van der Waals surface area contributed by atoms with Gasteiger partial charge in [-0.1, -0.05) is 0 Å². The summed E-state index contributed by atoms with van der Waals surface area (Å²) >= 11 is 0. The number of hydrogen-bond acceptors (Lipinski definition) is 3. The maximum atomic E-state index is 5.42. The zero-order valence-corrected chi connectivity index (χ0v) is 11.5. The molecule has 0 aliphatic carbocycles. The predicted octanol–water partition coefficient (Wildman–Crippen LogP) is 1.73. The van der Waals surface area contributed by atoms with E-state index in [1.165, 1.54) is 45.3 Å². The van der Waals surface area contributed by atoms with E-state index in [1.54, 1.807) is 0 Å². The normalized spacial score (nSPS) is 30.4. The van der Waals surface area contributed by atoms with Crippen LogP contribution in [0.1, 0.15) is 32.6 Å².